The van der Waals surface area contributed by atoms with Gasteiger partial charge in [0.25, 0.3) is 0 Å². The van der Waals surface area contributed by atoms with Gasteiger partial charge in [-0.3, -0.25) is 4.90 Å². The van der Waals surface area contributed by atoms with E-state index in [4.69, 9.17) is 4.98 Å². The zero-order chi connectivity index (χ0) is 10.1. The van der Waals surface area contributed by atoms with E-state index in [2.05, 4.69) is 10.2 Å². The number of rotatable bonds is 2. The number of nitrogens with zero attached hydrogens (tertiary/aromatic N) is 2. The second-order valence-corrected chi connectivity index (χ2v) is 5.56. The van der Waals surface area contributed by atoms with Gasteiger partial charge in [-0.05, 0) is 25.9 Å². The smallest absolute Gasteiger partial charge is 0.107 e. The average molecular weight is 223 g/mol. The van der Waals surface area contributed by atoms with Crippen molar-refractivity contribution in [2.24, 2.45) is 0 Å². The Morgan fingerprint density at radius 3 is 3.00 bits per heavy atom. The molecule has 0 bridgehead atoms. The van der Waals surface area contributed by atoms with Gasteiger partial charge in [0.1, 0.15) is 5.01 Å². The quantitative estimate of drug-likeness (QED) is 0.821. The van der Waals surface area contributed by atoms with Crippen molar-refractivity contribution in [3.05, 3.63) is 15.6 Å². The molecule has 0 saturated carbocycles. The first-order valence-corrected chi connectivity index (χ1v) is 6.64. The van der Waals surface area contributed by atoms with Gasteiger partial charge >= 0.3 is 0 Å². The second-order valence-electron chi connectivity index (χ2n) is 4.39. The van der Waals surface area contributed by atoms with Gasteiger partial charge in [0.15, 0.2) is 0 Å². The third kappa shape index (κ3) is 2.07. The molecule has 15 heavy (non-hydrogen) atoms. The lowest BCUT2D eigenvalue weighted by Crippen LogP contribution is -2.22. The van der Waals surface area contributed by atoms with Gasteiger partial charge in [-0.25, -0.2) is 4.98 Å². The second kappa shape index (κ2) is 4.20. The Hall–Kier alpha value is -0.450. The normalized spacial score (nSPS) is 21.9. The molecular formula is C11H17N3S. The summed E-state index contributed by atoms with van der Waals surface area (Å²) in [7, 11) is 0. The Morgan fingerprint density at radius 2 is 2.20 bits per heavy atom. The number of aromatic nitrogens is 1. The summed E-state index contributed by atoms with van der Waals surface area (Å²) < 4.78 is 0. The fraction of sp³-hybridized carbons (Fsp3) is 0.727. The van der Waals surface area contributed by atoms with Gasteiger partial charge in [-0.1, -0.05) is 0 Å². The highest BCUT2D eigenvalue weighted by Gasteiger charge is 2.17. The highest BCUT2D eigenvalue weighted by Crippen LogP contribution is 2.23. The first-order chi connectivity index (χ1) is 7.42. The van der Waals surface area contributed by atoms with Crippen molar-refractivity contribution < 1.29 is 0 Å². The van der Waals surface area contributed by atoms with Crippen LogP contribution in [0.1, 0.15) is 28.4 Å². The van der Waals surface area contributed by atoms with E-state index in [-0.39, 0.29) is 0 Å². The molecule has 1 fully saturated rings. The summed E-state index contributed by atoms with van der Waals surface area (Å²) in [6, 6.07) is 0. The van der Waals surface area contributed by atoms with Crippen LogP contribution in [0.5, 0.6) is 0 Å². The SMILES string of the molecule is C1CCN(Cc2nc3c(s2)CNCC3)C1. The molecule has 1 aromatic heterocycles. The van der Waals surface area contributed by atoms with Gasteiger partial charge in [-0.2, -0.15) is 0 Å². The molecule has 0 unspecified atom stereocenters. The van der Waals surface area contributed by atoms with Crippen LogP contribution in [0.15, 0.2) is 0 Å². The fourth-order valence-electron chi connectivity index (χ4n) is 2.38. The largest absolute Gasteiger partial charge is 0.311 e. The maximum atomic E-state index is 4.75. The highest BCUT2D eigenvalue weighted by molar-refractivity contribution is 7.11. The van der Waals surface area contributed by atoms with Gasteiger partial charge in [-0.15, -0.1) is 11.3 Å². The Kier molecular flexibility index (Phi) is 2.73. The number of likely N-dealkylation sites (tertiary alicyclic amines) is 1. The molecule has 3 rings (SSSR count). The summed E-state index contributed by atoms with van der Waals surface area (Å²) in [6.07, 6.45) is 3.85. The summed E-state index contributed by atoms with van der Waals surface area (Å²) in [4.78, 5) is 8.74. The highest BCUT2D eigenvalue weighted by atomic mass is 32.1. The summed E-state index contributed by atoms with van der Waals surface area (Å²) >= 11 is 1.91. The van der Waals surface area contributed by atoms with E-state index in [1.54, 1.807) is 0 Å². The molecule has 1 saturated heterocycles. The van der Waals surface area contributed by atoms with Crippen LogP contribution in [0.2, 0.25) is 0 Å². The minimum Gasteiger partial charge on any atom is -0.311 e. The van der Waals surface area contributed by atoms with Crippen molar-refractivity contribution >= 4 is 11.3 Å². The van der Waals surface area contributed by atoms with Crippen molar-refractivity contribution in [3.8, 4) is 0 Å². The zero-order valence-electron chi connectivity index (χ0n) is 8.96. The Labute approximate surface area is 94.5 Å². The van der Waals surface area contributed by atoms with E-state index in [0.29, 0.717) is 0 Å². The van der Waals surface area contributed by atoms with Crippen LogP contribution in [0, 0.1) is 0 Å². The molecule has 0 atom stereocenters. The van der Waals surface area contributed by atoms with Gasteiger partial charge in [0.05, 0.1) is 12.2 Å². The summed E-state index contributed by atoms with van der Waals surface area (Å²) in [5.74, 6) is 0. The molecule has 82 valence electrons. The van der Waals surface area contributed by atoms with Gasteiger partial charge < -0.3 is 5.32 Å². The molecule has 3 nitrogen and oxygen atoms in total. The summed E-state index contributed by atoms with van der Waals surface area (Å²) in [6.45, 7) is 5.75. The summed E-state index contributed by atoms with van der Waals surface area (Å²) in [5, 5.41) is 4.73. The molecule has 3 heterocycles. The van der Waals surface area contributed by atoms with Crippen LogP contribution < -0.4 is 5.32 Å². The number of hydrogen-bond donors (Lipinski definition) is 1. The number of thiazole rings is 1. The number of fused-ring (bicyclic) bond motifs is 1. The monoisotopic (exact) mass is 223 g/mol. The van der Waals surface area contributed by atoms with E-state index < -0.39 is 0 Å². The van der Waals surface area contributed by atoms with Crippen molar-refractivity contribution in [1.82, 2.24) is 15.2 Å². The van der Waals surface area contributed by atoms with E-state index >= 15 is 0 Å². The molecule has 1 N–H and O–H groups in total. The van der Waals surface area contributed by atoms with Crippen LogP contribution in [0.3, 0.4) is 0 Å². The topological polar surface area (TPSA) is 28.2 Å². The van der Waals surface area contributed by atoms with Crippen LogP contribution in [0.25, 0.3) is 0 Å². The minimum absolute atomic E-state index is 1.03. The molecule has 0 aliphatic carbocycles. The van der Waals surface area contributed by atoms with Crippen LogP contribution in [-0.2, 0) is 19.5 Å². The number of nitrogens with one attached hydrogen (secondary N) is 1. The Balaban J connectivity index is 1.72. The standard InChI is InChI=1S/C11H17N3S/c1-2-6-14(5-1)8-11-13-9-3-4-12-7-10(9)15-11/h12H,1-8H2. The predicted octanol–water partition coefficient (Wildman–Crippen LogP) is 1.38. The molecule has 4 heteroatoms. The van der Waals surface area contributed by atoms with Crippen molar-refractivity contribution in [2.75, 3.05) is 19.6 Å². The third-order valence-corrected chi connectivity index (χ3v) is 4.29. The van der Waals surface area contributed by atoms with Crippen molar-refractivity contribution in [3.63, 3.8) is 0 Å². The van der Waals surface area contributed by atoms with E-state index in [1.165, 1.54) is 41.5 Å². The minimum atomic E-state index is 1.03. The van der Waals surface area contributed by atoms with Gasteiger partial charge in [0.2, 0.25) is 0 Å². The molecule has 2 aliphatic rings. The number of hydrogen-bond acceptors (Lipinski definition) is 4. The lowest BCUT2D eigenvalue weighted by Gasteiger charge is -2.11. The summed E-state index contributed by atoms with van der Waals surface area (Å²) in [5.41, 5.74) is 1.35. The molecule has 0 amide bonds. The maximum Gasteiger partial charge on any atom is 0.107 e. The van der Waals surface area contributed by atoms with E-state index in [0.717, 1.165) is 26.1 Å². The van der Waals surface area contributed by atoms with Crippen LogP contribution >= 0.6 is 11.3 Å². The zero-order valence-corrected chi connectivity index (χ0v) is 9.78. The third-order valence-electron chi connectivity index (χ3n) is 3.20. The Bertz CT molecular complexity index is 318. The molecule has 1 aromatic rings. The molecule has 0 spiro atoms. The van der Waals surface area contributed by atoms with Gasteiger partial charge in [0, 0.05) is 24.4 Å². The maximum absolute atomic E-state index is 4.75. The van der Waals surface area contributed by atoms with Crippen LogP contribution in [-0.4, -0.2) is 29.5 Å². The van der Waals surface area contributed by atoms with E-state index in [1.807, 2.05) is 11.3 Å². The predicted molar refractivity (Wildman–Crippen MR) is 62.0 cm³/mol. The lowest BCUT2D eigenvalue weighted by atomic mass is 10.2. The fourth-order valence-corrected chi connectivity index (χ4v) is 3.51. The molecule has 0 radical (unpaired) electrons. The van der Waals surface area contributed by atoms with Crippen LogP contribution in [0.4, 0.5) is 0 Å². The molecular weight excluding hydrogens is 206 g/mol. The molecule has 0 aromatic carbocycles. The van der Waals surface area contributed by atoms with Crippen molar-refractivity contribution in [2.45, 2.75) is 32.4 Å². The Morgan fingerprint density at radius 1 is 1.33 bits per heavy atom. The first-order valence-electron chi connectivity index (χ1n) is 5.82. The van der Waals surface area contributed by atoms with Crippen molar-refractivity contribution in [1.29, 1.82) is 0 Å². The van der Waals surface area contributed by atoms with E-state index in [9.17, 15) is 0 Å². The molecule has 2 aliphatic heterocycles. The average Bonchev–Trinajstić information content (AvgIpc) is 2.86. The first kappa shape index (κ1) is 9.75. The lowest BCUT2D eigenvalue weighted by molar-refractivity contribution is 0.330.